The SMILES string of the molecule is COc1cc2c(cc1OC)C(=O)C(N1CCN(CCOc3c(C)cccc3C)CC1)C2.Cl. The maximum absolute atomic E-state index is 13.1. The molecule has 1 aliphatic carbocycles. The lowest BCUT2D eigenvalue weighted by molar-refractivity contribution is 0.0666. The van der Waals surface area contributed by atoms with E-state index in [9.17, 15) is 4.79 Å². The van der Waals surface area contributed by atoms with E-state index in [0.29, 0.717) is 18.1 Å². The number of carbonyl (C=O) groups is 1. The van der Waals surface area contributed by atoms with Crippen molar-refractivity contribution in [3.63, 3.8) is 0 Å². The summed E-state index contributed by atoms with van der Waals surface area (Å²) in [5.41, 5.74) is 4.18. The number of hydrogen-bond donors (Lipinski definition) is 0. The Kier molecular flexibility index (Phi) is 8.04. The van der Waals surface area contributed by atoms with Gasteiger partial charge in [0.05, 0.1) is 20.3 Å². The molecule has 1 saturated heterocycles. The van der Waals surface area contributed by atoms with Crippen LogP contribution in [0.1, 0.15) is 27.0 Å². The summed E-state index contributed by atoms with van der Waals surface area (Å²) in [4.78, 5) is 17.8. The highest BCUT2D eigenvalue weighted by atomic mass is 35.5. The van der Waals surface area contributed by atoms with Gasteiger partial charge in [0, 0.05) is 38.3 Å². The van der Waals surface area contributed by atoms with Crippen LogP contribution in [0, 0.1) is 13.8 Å². The largest absolute Gasteiger partial charge is 0.493 e. The Labute approximate surface area is 196 Å². The van der Waals surface area contributed by atoms with Crippen molar-refractivity contribution in [1.82, 2.24) is 9.80 Å². The first-order chi connectivity index (χ1) is 15.0. The van der Waals surface area contributed by atoms with Crippen molar-refractivity contribution in [2.45, 2.75) is 26.3 Å². The van der Waals surface area contributed by atoms with E-state index >= 15 is 0 Å². The van der Waals surface area contributed by atoms with Crippen molar-refractivity contribution in [3.8, 4) is 17.2 Å². The van der Waals surface area contributed by atoms with Gasteiger partial charge in [0.1, 0.15) is 12.4 Å². The molecule has 2 aromatic rings. The Hall–Kier alpha value is -2.28. The molecule has 4 rings (SSSR count). The monoisotopic (exact) mass is 460 g/mol. The number of piperazine rings is 1. The van der Waals surface area contributed by atoms with Crippen LogP contribution < -0.4 is 14.2 Å². The molecule has 1 aliphatic heterocycles. The molecule has 0 spiro atoms. The third-order valence-corrected chi connectivity index (χ3v) is 6.50. The van der Waals surface area contributed by atoms with Gasteiger partial charge >= 0.3 is 0 Å². The molecule has 0 saturated carbocycles. The van der Waals surface area contributed by atoms with E-state index < -0.39 is 0 Å². The number of para-hydroxylation sites is 1. The Morgan fingerprint density at radius 2 is 1.59 bits per heavy atom. The average molecular weight is 461 g/mol. The smallest absolute Gasteiger partial charge is 0.180 e. The number of fused-ring (bicyclic) bond motifs is 1. The van der Waals surface area contributed by atoms with Gasteiger partial charge in [0.2, 0.25) is 0 Å². The third kappa shape index (κ3) is 4.87. The normalized spacial score (nSPS) is 18.8. The minimum absolute atomic E-state index is 0. The molecule has 1 atom stereocenters. The zero-order valence-electron chi connectivity index (χ0n) is 19.3. The summed E-state index contributed by atoms with van der Waals surface area (Å²) in [6.45, 7) is 9.43. The highest BCUT2D eigenvalue weighted by Crippen LogP contribution is 2.36. The lowest BCUT2D eigenvalue weighted by Gasteiger charge is -2.37. The number of aryl methyl sites for hydroxylation is 2. The number of Topliss-reactive ketones (excluding diaryl/α,β-unsaturated/α-hetero) is 1. The fourth-order valence-electron chi connectivity index (χ4n) is 4.70. The lowest BCUT2D eigenvalue weighted by atomic mass is 10.1. The fraction of sp³-hybridized carbons (Fsp3) is 0.480. The van der Waals surface area contributed by atoms with Gasteiger partial charge in [-0.15, -0.1) is 12.4 Å². The van der Waals surface area contributed by atoms with E-state index in [-0.39, 0.29) is 24.2 Å². The maximum atomic E-state index is 13.1. The Bertz CT molecular complexity index is 937. The summed E-state index contributed by atoms with van der Waals surface area (Å²) in [7, 11) is 3.23. The second-order valence-electron chi connectivity index (χ2n) is 8.40. The number of carbonyl (C=O) groups excluding carboxylic acids is 1. The first-order valence-corrected chi connectivity index (χ1v) is 11.0. The van der Waals surface area contributed by atoms with E-state index in [2.05, 4.69) is 41.8 Å². The lowest BCUT2D eigenvalue weighted by Crippen LogP contribution is -2.52. The minimum Gasteiger partial charge on any atom is -0.493 e. The summed E-state index contributed by atoms with van der Waals surface area (Å²) in [6.07, 6.45) is 0.740. The van der Waals surface area contributed by atoms with E-state index in [1.807, 2.05) is 12.1 Å². The van der Waals surface area contributed by atoms with Crippen LogP contribution in [-0.2, 0) is 6.42 Å². The molecule has 0 amide bonds. The maximum Gasteiger partial charge on any atom is 0.180 e. The summed E-state index contributed by atoms with van der Waals surface area (Å²) < 4.78 is 16.9. The number of ether oxygens (including phenoxy) is 3. The molecule has 174 valence electrons. The van der Waals surface area contributed by atoms with Gasteiger partial charge in [0.25, 0.3) is 0 Å². The number of hydrogen-bond acceptors (Lipinski definition) is 6. The van der Waals surface area contributed by atoms with Crippen LogP contribution in [0.5, 0.6) is 17.2 Å². The molecule has 6 nitrogen and oxygen atoms in total. The van der Waals surface area contributed by atoms with Crippen LogP contribution >= 0.6 is 12.4 Å². The van der Waals surface area contributed by atoms with E-state index in [1.54, 1.807) is 14.2 Å². The first-order valence-electron chi connectivity index (χ1n) is 11.0. The van der Waals surface area contributed by atoms with Gasteiger partial charge < -0.3 is 14.2 Å². The van der Waals surface area contributed by atoms with Crippen molar-refractivity contribution >= 4 is 18.2 Å². The molecule has 1 heterocycles. The minimum atomic E-state index is -0.0835. The molecule has 0 bridgehead atoms. The first kappa shape index (κ1) is 24.4. The molecule has 1 unspecified atom stereocenters. The molecule has 0 aromatic heterocycles. The number of methoxy groups -OCH3 is 2. The van der Waals surface area contributed by atoms with Crippen LogP contribution in [0.15, 0.2) is 30.3 Å². The highest BCUT2D eigenvalue weighted by Gasteiger charge is 2.37. The van der Waals surface area contributed by atoms with Crippen LogP contribution in [-0.4, -0.2) is 75.2 Å². The number of halogens is 1. The molecule has 2 aromatic carbocycles. The molecule has 1 fully saturated rings. The van der Waals surface area contributed by atoms with Gasteiger partial charge in [-0.3, -0.25) is 14.6 Å². The van der Waals surface area contributed by atoms with Crippen LogP contribution in [0.2, 0.25) is 0 Å². The van der Waals surface area contributed by atoms with Gasteiger partial charge in [-0.05, 0) is 49.1 Å². The Balaban J connectivity index is 0.00000289. The number of nitrogens with zero attached hydrogens (tertiary/aromatic N) is 2. The second kappa shape index (κ2) is 10.6. The standard InChI is InChI=1S/C25H32N2O4.ClH/c1-17-6-5-7-18(2)25(17)31-13-12-26-8-10-27(11-9-26)21-14-19-15-22(29-3)23(30-4)16-20(19)24(21)28;/h5-7,15-16,21H,8-14H2,1-4H3;1H. The second-order valence-corrected chi connectivity index (χ2v) is 8.40. The molecule has 2 aliphatic rings. The summed E-state index contributed by atoms with van der Waals surface area (Å²) in [5.74, 6) is 2.50. The highest BCUT2D eigenvalue weighted by molar-refractivity contribution is 6.05. The zero-order valence-corrected chi connectivity index (χ0v) is 20.2. The Morgan fingerprint density at radius 3 is 2.22 bits per heavy atom. The van der Waals surface area contributed by atoms with Gasteiger partial charge in [-0.2, -0.15) is 0 Å². The van der Waals surface area contributed by atoms with E-state index in [4.69, 9.17) is 14.2 Å². The number of benzene rings is 2. The van der Waals surface area contributed by atoms with Crippen molar-refractivity contribution in [2.75, 3.05) is 53.6 Å². The van der Waals surface area contributed by atoms with Crippen molar-refractivity contribution in [2.24, 2.45) is 0 Å². The third-order valence-electron chi connectivity index (χ3n) is 6.50. The van der Waals surface area contributed by atoms with Crippen LogP contribution in [0.4, 0.5) is 0 Å². The number of ketones is 1. The summed E-state index contributed by atoms with van der Waals surface area (Å²) in [6, 6.07) is 9.93. The predicted octanol–water partition coefficient (Wildman–Crippen LogP) is 3.55. The average Bonchev–Trinajstić information content (AvgIpc) is 3.10. The predicted molar refractivity (Wildman–Crippen MR) is 128 cm³/mol. The summed E-state index contributed by atoms with van der Waals surface area (Å²) >= 11 is 0. The molecule has 7 heteroatoms. The van der Waals surface area contributed by atoms with Crippen molar-refractivity contribution in [1.29, 1.82) is 0 Å². The zero-order chi connectivity index (χ0) is 22.0. The van der Waals surface area contributed by atoms with Crippen molar-refractivity contribution < 1.29 is 19.0 Å². The van der Waals surface area contributed by atoms with Gasteiger partial charge in [0.15, 0.2) is 17.3 Å². The van der Waals surface area contributed by atoms with Crippen molar-refractivity contribution in [3.05, 3.63) is 52.6 Å². The van der Waals surface area contributed by atoms with Gasteiger partial charge in [-0.1, -0.05) is 18.2 Å². The quantitative estimate of drug-likeness (QED) is 0.630. The van der Waals surface area contributed by atoms with Crippen LogP contribution in [0.25, 0.3) is 0 Å². The molecular weight excluding hydrogens is 428 g/mol. The molecule has 0 N–H and O–H groups in total. The Morgan fingerprint density at radius 1 is 0.969 bits per heavy atom. The summed E-state index contributed by atoms with van der Waals surface area (Å²) in [5, 5.41) is 0. The van der Waals surface area contributed by atoms with Crippen LogP contribution in [0.3, 0.4) is 0 Å². The number of rotatable bonds is 7. The van der Waals surface area contributed by atoms with E-state index in [0.717, 1.165) is 56.0 Å². The molecule has 0 radical (unpaired) electrons. The topological polar surface area (TPSA) is 51.2 Å². The van der Waals surface area contributed by atoms with E-state index in [1.165, 1.54) is 11.1 Å². The van der Waals surface area contributed by atoms with Gasteiger partial charge in [-0.25, -0.2) is 0 Å². The molecule has 32 heavy (non-hydrogen) atoms. The fourth-order valence-corrected chi connectivity index (χ4v) is 4.70. The molecular formula is C25H33ClN2O4.